The lowest BCUT2D eigenvalue weighted by atomic mass is 9.72. The topological polar surface area (TPSA) is 70.1 Å². The van der Waals surface area contributed by atoms with Gasteiger partial charge >= 0.3 is 0 Å². The van der Waals surface area contributed by atoms with Crippen LogP contribution in [0.3, 0.4) is 0 Å². The first kappa shape index (κ1) is 20.1. The molecule has 6 nitrogen and oxygen atoms in total. The van der Waals surface area contributed by atoms with E-state index in [9.17, 15) is 19.1 Å². The van der Waals surface area contributed by atoms with E-state index in [1.54, 1.807) is 6.07 Å². The van der Waals surface area contributed by atoms with Gasteiger partial charge < -0.3 is 19.6 Å². The monoisotopic (exact) mass is 404 g/mol. The number of benzene rings is 1. The fourth-order valence-corrected chi connectivity index (χ4v) is 4.89. The lowest BCUT2D eigenvalue weighted by Gasteiger charge is -2.47. The summed E-state index contributed by atoms with van der Waals surface area (Å²) in [5, 5.41) is 9.29. The molecular formula is C22H29FN2O4. The molecule has 158 valence electrons. The van der Waals surface area contributed by atoms with Crippen LogP contribution in [0.15, 0.2) is 18.2 Å². The van der Waals surface area contributed by atoms with Gasteiger partial charge in [-0.1, -0.05) is 6.07 Å². The summed E-state index contributed by atoms with van der Waals surface area (Å²) in [6.07, 6.45) is 5.63. The predicted molar refractivity (Wildman–Crippen MR) is 105 cm³/mol. The molecule has 0 bridgehead atoms. The second kappa shape index (κ2) is 8.30. The summed E-state index contributed by atoms with van der Waals surface area (Å²) in [7, 11) is 0. The van der Waals surface area contributed by atoms with Crippen LogP contribution in [0.1, 0.15) is 44.1 Å². The number of nitrogens with zero attached hydrogens (tertiary/aromatic N) is 2. The number of piperidine rings is 2. The van der Waals surface area contributed by atoms with E-state index in [2.05, 4.69) is 0 Å². The molecule has 0 radical (unpaired) electrons. The quantitative estimate of drug-likeness (QED) is 0.837. The maximum Gasteiger partial charge on any atom is 0.226 e. The zero-order valence-corrected chi connectivity index (χ0v) is 16.7. The molecule has 4 rings (SSSR count). The molecule has 3 aliphatic heterocycles. The van der Waals surface area contributed by atoms with Gasteiger partial charge in [0.1, 0.15) is 0 Å². The molecule has 1 aromatic rings. The molecule has 3 saturated heterocycles. The molecule has 7 heteroatoms. The van der Waals surface area contributed by atoms with Crippen molar-refractivity contribution in [1.82, 2.24) is 9.80 Å². The number of hydrogen-bond acceptors (Lipinski definition) is 4. The highest BCUT2D eigenvalue weighted by Crippen LogP contribution is 2.40. The van der Waals surface area contributed by atoms with Crippen LogP contribution in [0.4, 0.5) is 4.39 Å². The molecule has 1 aromatic carbocycles. The number of likely N-dealkylation sites (tertiary alicyclic amines) is 2. The average molecular weight is 404 g/mol. The fourth-order valence-electron chi connectivity index (χ4n) is 4.89. The van der Waals surface area contributed by atoms with E-state index in [4.69, 9.17) is 4.74 Å². The summed E-state index contributed by atoms with van der Waals surface area (Å²) in [5.41, 5.74) is 0.657. The molecule has 1 N–H and O–H groups in total. The van der Waals surface area contributed by atoms with Crippen LogP contribution < -0.4 is 0 Å². The third-order valence-corrected chi connectivity index (χ3v) is 6.74. The Hall–Kier alpha value is -2.15. The molecule has 1 unspecified atom stereocenters. The van der Waals surface area contributed by atoms with Crippen LogP contribution in [0.2, 0.25) is 0 Å². The van der Waals surface area contributed by atoms with Gasteiger partial charge in [-0.2, -0.15) is 0 Å². The SMILES string of the molecule is O=C(Cc1ccc(O)c(F)c1)N1CCC2(CCC(=O)N(CC3CCCO3)C2)CC1. The summed E-state index contributed by atoms with van der Waals surface area (Å²) in [6.45, 7) is 3.58. The Bertz CT molecular complexity index is 770. The molecule has 1 spiro atoms. The maximum atomic E-state index is 13.5. The molecule has 3 fully saturated rings. The van der Waals surface area contributed by atoms with Gasteiger partial charge in [0.25, 0.3) is 0 Å². The Kier molecular flexibility index (Phi) is 5.76. The van der Waals surface area contributed by atoms with Crippen molar-refractivity contribution >= 4 is 11.8 Å². The summed E-state index contributed by atoms with van der Waals surface area (Å²) in [5.74, 6) is -0.904. The van der Waals surface area contributed by atoms with Crippen molar-refractivity contribution < 1.29 is 23.8 Å². The second-order valence-electron chi connectivity index (χ2n) is 8.75. The molecule has 0 aromatic heterocycles. The minimum absolute atomic E-state index is 0.0203. The van der Waals surface area contributed by atoms with Crippen LogP contribution >= 0.6 is 0 Å². The molecule has 3 heterocycles. The van der Waals surface area contributed by atoms with Gasteiger partial charge in [-0.15, -0.1) is 0 Å². The third-order valence-electron chi connectivity index (χ3n) is 6.74. The van der Waals surface area contributed by atoms with Crippen LogP contribution in [-0.2, 0) is 20.7 Å². The summed E-state index contributed by atoms with van der Waals surface area (Å²) < 4.78 is 19.2. The minimum Gasteiger partial charge on any atom is -0.505 e. The fraction of sp³-hybridized carbons (Fsp3) is 0.636. The molecule has 0 saturated carbocycles. The van der Waals surface area contributed by atoms with Crippen LogP contribution in [-0.4, -0.2) is 65.6 Å². The number of rotatable bonds is 4. The summed E-state index contributed by atoms with van der Waals surface area (Å²) in [6, 6.07) is 4.08. The second-order valence-corrected chi connectivity index (χ2v) is 8.75. The van der Waals surface area contributed by atoms with Gasteiger partial charge in [-0.3, -0.25) is 9.59 Å². The van der Waals surface area contributed by atoms with E-state index in [-0.39, 0.29) is 29.8 Å². The minimum atomic E-state index is -0.703. The predicted octanol–water partition coefficient (Wildman–Crippen LogP) is 2.48. The van der Waals surface area contributed by atoms with Crippen LogP contribution in [0, 0.1) is 11.2 Å². The van der Waals surface area contributed by atoms with Crippen molar-refractivity contribution in [2.45, 2.75) is 51.0 Å². The third kappa shape index (κ3) is 4.55. The first-order valence-electron chi connectivity index (χ1n) is 10.6. The van der Waals surface area contributed by atoms with Gasteiger partial charge in [0.15, 0.2) is 11.6 Å². The number of ether oxygens (including phenoxy) is 1. The zero-order chi connectivity index (χ0) is 20.4. The van der Waals surface area contributed by atoms with E-state index in [0.717, 1.165) is 45.3 Å². The number of phenols is 1. The van der Waals surface area contributed by atoms with Crippen molar-refractivity contribution in [3.8, 4) is 5.75 Å². The number of hydrogen-bond donors (Lipinski definition) is 1. The largest absolute Gasteiger partial charge is 0.505 e. The lowest BCUT2D eigenvalue weighted by Crippen LogP contribution is -2.53. The highest BCUT2D eigenvalue weighted by atomic mass is 19.1. The van der Waals surface area contributed by atoms with Crippen molar-refractivity contribution in [2.75, 3.05) is 32.8 Å². The van der Waals surface area contributed by atoms with E-state index < -0.39 is 11.6 Å². The van der Waals surface area contributed by atoms with Crippen LogP contribution in [0.5, 0.6) is 5.75 Å². The van der Waals surface area contributed by atoms with Gasteiger partial charge in [0.05, 0.1) is 12.5 Å². The van der Waals surface area contributed by atoms with Crippen LogP contribution in [0.25, 0.3) is 0 Å². The van der Waals surface area contributed by atoms with Crippen molar-refractivity contribution in [3.63, 3.8) is 0 Å². The van der Waals surface area contributed by atoms with E-state index >= 15 is 0 Å². The lowest BCUT2D eigenvalue weighted by molar-refractivity contribution is -0.143. The number of carbonyl (C=O) groups is 2. The van der Waals surface area contributed by atoms with E-state index in [1.807, 2.05) is 9.80 Å². The van der Waals surface area contributed by atoms with Gasteiger partial charge in [0.2, 0.25) is 11.8 Å². The zero-order valence-electron chi connectivity index (χ0n) is 16.7. The Labute approximate surface area is 170 Å². The highest BCUT2D eigenvalue weighted by Gasteiger charge is 2.42. The molecule has 3 aliphatic rings. The van der Waals surface area contributed by atoms with Gasteiger partial charge in [0, 0.05) is 39.2 Å². The number of carbonyl (C=O) groups excluding carboxylic acids is 2. The Morgan fingerprint density at radius 3 is 2.76 bits per heavy atom. The molecular weight excluding hydrogens is 375 g/mol. The van der Waals surface area contributed by atoms with E-state index in [0.29, 0.717) is 31.6 Å². The van der Waals surface area contributed by atoms with Gasteiger partial charge in [-0.25, -0.2) is 4.39 Å². The Morgan fingerprint density at radius 1 is 1.28 bits per heavy atom. The molecule has 2 amide bonds. The molecule has 1 atom stereocenters. The summed E-state index contributed by atoms with van der Waals surface area (Å²) in [4.78, 5) is 28.9. The van der Waals surface area contributed by atoms with Crippen molar-refractivity contribution in [2.24, 2.45) is 5.41 Å². The number of halogens is 1. The Morgan fingerprint density at radius 2 is 2.07 bits per heavy atom. The van der Waals surface area contributed by atoms with E-state index in [1.165, 1.54) is 12.1 Å². The maximum absolute atomic E-state index is 13.5. The molecule has 29 heavy (non-hydrogen) atoms. The van der Waals surface area contributed by atoms with Crippen molar-refractivity contribution in [3.05, 3.63) is 29.6 Å². The number of aromatic hydroxyl groups is 1. The highest BCUT2D eigenvalue weighted by molar-refractivity contribution is 5.79. The number of phenolic OH excluding ortho intramolecular Hbond substituents is 1. The van der Waals surface area contributed by atoms with Gasteiger partial charge in [-0.05, 0) is 55.2 Å². The standard InChI is InChI=1S/C22H29FN2O4/c23-18-12-16(3-4-19(18)26)13-21(28)24-9-7-22(8-10-24)6-5-20(27)25(15-22)14-17-2-1-11-29-17/h3-4,12,17,26H,1-2,5-11,13-15H2. The average Bonchev–Trinajstić information content (AvgIpc) is 3.21. The Balaban J connectivity index is 1.32. The smallest absolute Gasteiger partial charge is 0.226 e. The molecule has 0 aliphatic carbocycles. The normalized spacial score (nSPS) is 24.3. The first-order chi connectivity index (χ1) is 13.9. The first-order valence-corrected chi connectivity index (χ1v) is 10.6. The number of amides is 2. The summed E-state index contributed by atoms with van der Waals surface area (Å²) >= 11 is 0. The van der Waals surface area contributed by atoms with Crippen molar-refractivity contribution in [1.29, 1.82) is 0 Å².